The maximum absolute atomic E-state index is 14.1. The van der Waals surface area contributed by atoms with Crippen LogP contribution in [0.3, 0.4) is 0 Å². The number of benzene rings is 3. The van der Waals surface area contributed by atoms with E-state index in [-0.39, 0.29) is 12.2 Å². The van der Waals surface area contributed by atoms with Crippen LogP contribution in [0.4, 0.5) is 10.1 Å². The molecule has 3 rings (SSSR count). The maximum atomic E-state index is 14.1. The van der Waals surface area contributed by atoms with E-state index < -0.39 is 5.82 Å². The summed E-state index contributed by atoms with van der Waals surface area (Å²) < 4.78 is 25.3. The van der Waals surface area contributed by atoms with Gasteiger partial charge in [0.05, 0.1) is 18.3 Å². The van der Waals surface area contributed by atoms with Gasteiger partial charge >= 0.3 is 0 Å². The molecule has 0 fully saturated rings. The molecule has 154 valence electrons. The van der Waals surface area contributed by atoms with E-state index in [4.69, 9.17) is 33.3 Å². The van der Waals surface area contributed by atoms with Crippen molar-refractivity contribution in [2.75, 3.05) is 12.4 Å². The fourth-order valence-electron chi connectivity index (χ4n) is 2.61. The van der Waals surface area contributed by atoms with Crippen LogP contribution in [0.15, 0.2) is 71.8 Å². The number of hydrazone groups is 1. The summed E-state index contributed by atoms with van der Waals surface area (Å²) in [5, 5.41) is 7.79. The van der Waals surface area contributed by atoms with Gasteiger partial charge in [0.25, 0.3) is 0 Å². The van der Waals surface area contributed by atoms with Crippen LogP contribution in [0.2, 0.25) is 5.02 Å². The van der Waals surface area contributed by atoms with Gasteiger partial charge in [0.15, 0.2) is 16.6 Å². The van der Waals surface area contributed by atoms with Gasteiger partial charge in [-0.3, -0.25) is 5.43 Å². The van der Waals surface area contributed by atoms with Crippen molar-refractivity contribution in [2.45, 2.75) is 6.61 Å². The Kier molecular flexibility index (Phi) is 7.59. The first kappa shape index (κ1) is 21.5. The van der Waals surface area contributed by atoms with Crippen LogP contribution in [0.5, 0.6) is 11.5 Å². The highest BCUT2D eigenvalue weighted by Gasteiger charge is 2.13. The van der Waals surface area contributed by atoms with Gasteiger partial charge < -0.3 is 14.8 Å². The van der Waals surface area contributed by atoms with Crippen molar-refractivity contribution >= 4 is 40.8 Å². The molecular weight excluding hydrogens is 425 g/mol. The first-order valence-corrected chi connectivity index (χ1v) is 9.75. The second-order valence-electron chi connectivity index (χ2n) is 6.06. The van der Waals surface area contributed by atoms with Gasteiger partial charge in [-0.2, -0.15) is 5.10 Å². The number of methoxy groups -OCH3 is 1. The fourth-order valence-corrected chi connectivity index (χ4v) is 2.99. The Morgan fingerprint density at radius 3 is 2.60 bits per heavy atom. The van der Waals surface area contributed by atoms with Crippen LogP contribution < -0.4 is 20.2 Å². The summed E-state index contributed by atoms with van der Waals surface area (Å²) >= 11 is 11.3. The number of halogens is 2. The number of thiocarbonyl (C=S) groups is 1. The van der Waals surface area contributed by atoms with Crippen LogP contribution in [0.25, 0.3) is 0 Å². The minimum atomic E-state index is -0.438. The van der Waals surface area contributed by atoms with E-state index in [1.165, 1.54) is 13.2 Å². The van der Waals surface area contributed by atoms with Crippen molar-refractivity contribution in [2.24, 2.45) is 5.10 Å². The summed E-state index contributed by atoms with van der Waals surface area (Å²) in [7, 11) is 1.52. The van der Waals surface area contributed by atoms with Gasteiger partial charge in [0.2, 0.25) is 0 Å². The van der Waals surface area contributed by atoms with E-state index in [1.807, 2.05) is 30.3 Å². The average Bonchev–Trinajstić information content (AvgIpc) is 2.74. The summed E-state index contributed by atoms with van der Waals surface area (Å²) in [5.74, 6) is 0.454. The first-order chi connectivity index (χ1) is 14.6. The van der Waals surface area contributed by atoms with Crippen molar-refractivity contribution in [1.29, 1.82) is 0 Å². The molecule has 0 aliphatic heterocycles. The van der Waals surface area contributed by atoms with E-state index in [1.54, 1.807) is 36.5 Å². The van der Waals surface area contributed by atoms with Gasteiger partial charge in [0, 0.05) is 16.8 Å². The standard InChI is InChI=1S/C22H19ClFN3O2S/c1-28-20-12-5-7-15(13-25-27-22(30)26-16-8-3-2-4-9-16)21(20)29-14-17-18(23)10-6-11-19(17)24/h2-13H,14H2,1H3,(H2,26,27,30)/b25-13-. The molecule has 3 aromatic carbocycles. The Hall–Kier alpha value is -3.16. The summed E-state index contributed by atoms with van der Waals surface area (Å²) in [6, 6.07) is 19.3. The number of para-hydroxylation sites is 2. The van der Waals surface area contributed by atoms with Gasteiger partial charge in [-0.1, -0.05) is 41.9 Å². The molecule has 5 nitrogen and oxygen atoms in total. The Labute approximate surface area is 184 Å². The second kappa shape index (κ2) is 10.6. The average molecular weight is 444 g/mol. The summed E-state index contributed by atoms with van der Waals surface area (Å²) in [6.07, 6.45) is 1.54. The zero-order valence-electron chi connectivity index (χ0n) is 16.1. The molecule has 0 atom stereocenters. The predicted octanol–water partition coefficient (Wildman–Crippen LogP) is 5.39. The highest BCUT2D eigenvalue weighted by Crippen LogP contribution is 2.32. The van der Waals surface area contributed by atoms with E-state index in [0.29, 0.717) is 27.2 Å². The van der Waals surface area contributed by atoms with Gasteiger partial charge in [-0.15, -0.1) is 0 Å². The zero-order chi connectivity index (χ0) is 21.3. The Morgan fingerprint density at radius 1 is 1.10 bits per heavy atom. The van der Waals surface area contributed by atoms with E-state index >= 15 is 0 Å². The van der Waals surface area contributed by atoms with Crippen molar-refractivity contribution in [1.82, 2.24) is 5.43 Å². The van der Waals surface area contributed by atoms with Crippen LogP contribution in [0, 0.1) is 5.82 Å². The number of anilines is 1. The summed E-state index contributed by atoms with van der Waals surface area (Å²) in [5.41, 5.74) is 4.48. The number of hydrogen-bond donors (Lipinski definition) is 2. The Bertz CT molecular complexity index is 1030. The third kappa shape index (κ3) is 5.68. The molecule has 0 amide bonds. The van der Waals surface area contributed by atoms with Crippen molar-refractivity contribution < 1.29 is 13.9 Å². The van der Waals surface area contributed by atoms with Gasteiger partial charge in [-0.25, -0.2) is 4.39 Å². The minimum Gasteiger partial charge on any atom is -0.493 e. The molecule has 0 aliphatic carbocycles. The first-order valence-electron chi connectivity index (χ1n) is 8.96. The van der Waals surface area contributed by atoms with Crippen molar-refractivity contribution in [3.8, 4) is 11.5 Å². The molecule has 0 saturated heterocycles. The van der Waals surface area contributed by atoms with Crippen LogP contribution in [0.1, 0.15) is 11.1 Å². The van der Waals surface area contributed by atoms with Gasteiger partial charge in [-0.05, 0) is 48.6 Å². The second-order valence-corrected chi connectivity index (χ2v) is 6.87. The highest BCUT2D eigenvalue weighted by molar-refractivity contribution is 7.80. The van der Waals surface area contributed by atoms with E-state index in [9.17, 15) is 4.39 Å². The Balaban J connectivity index is 1.72. The fraction of sp³-hybridized carbons (Fsp3) is 0.0909. The molecule has 30 heavy (non-hydrogen) atoms. The predicted molar refractivity (Wildman–Crippen MR) is 122 cm³/mol. The number of nitrogens with zero attached hydrogens (tertiary/aromatic N) is 1. The summed E-state index contributed by atoms with van der Waals surface area (Å²) in [6.45, 7) is -0.0614. The normalized spacial score (nSPS) is 10.6. The molecule has 8 heteroatoms. The molecule has 0 spiro atoms. The lowest BCUT2D eigenvalue weighted by Gasteiger charge is -2.14. The monoisotopic (exact) mass is 443 g/mol. The van der Waals surface area contributed by atoms with Crippen LogP contribution in [-0.2, 0) is 6.61 Å². The lowest BCUT2D eigenvalue weighted by Crippen LogP contribution is -2.23. The third-order valence-electron chi connectivity index (χ3n) is 4.05. The quantitative estimate of drug-likeness (QED) is 0.291. The topological polar surface area (TPSA) is 54.9 Å². The maximum Gasteiger partial charge on any atom is 0.191 e. The number of nitrogens with one attached hydrogen (secondary N) is 2. The molecule has 0 bridgehead atoms. The third-order valence-corrected chi connectivity index (χ3v) is 4.60. The minimum absolute atomic E-state index is 0.0614. The zero-order valence-corrected chi connectivity index (χ0v) is 17.6. The molecule has 2 N–H and O–H groups in total. The van der Waals surface area contributed by atoms with Crippen LogP contribution >= 0.6 is 23.8 Å². The van der Waals surface area contributed by atoms with E-state index in [2.05, 4.69) is 15.8 Å². The summed E-state index contributed by atoms with van der Waals surface area (Å²) in [4.78, 5) is 0. The molecule has 0 aliphatic rings. The number of rotatable bonds is 7. The molecular formula is C22H19ClFN3O2S. The molecule has 0 heterocycles. The van der Waals surface area contributed by atoms with Crippen molar-refractivity contribution in [3.05, 3.63) is 88.7 Å². The molecule has 0 radical (unpaired) electrons. The molecule has 3 aromatic rings. The largest absolute Gasteiger partial charge is 0.493 e. The smallest absolute Gasteiger partial charge is 0.191 e. The van der Waals surface area contributed by atoms with Crippen molar-refractivity contribution in [3.63, 3.8) is 0 Å². The lowest BCUT2D eigenvalue weighted by atomic mass is 10.2. The SMILES string of the molecule is COc1cccc(/C=N\NC(=S)Nc2ccccc2)c1OCc1c(F)cccc1Cl. The van der Waals surface area contributed by atoms with Gasteiger partial charge in [0.1, 0.15) is 12.4 Å². The number of ether oxygens (including phenoxy) is 2. The molecule has 0 saturated carbocycles. The lowest BCUT2D eigenvalue weighted by molar-refractivity contribution is 0.279. The highest BCUT2D eigenvalue weighted by atomic mass is 35.5. The van der Waals surface area contributed by atoms with Crippen LogP contribution in [-0.4, -0.2) is 18.4 Å². The molecule has 0 unspecified atom stereocenters. The molecule has 0 aromatic heterocycles. The Morgan fingerprint density at radius 2 is 1.87 bits per heavy atom. The number of hydrogen-bond acceptors (Lipinski definition) is 4. The van der Waals surface area contributed by atoms with E-state index in [0.717, 1.165) is 5.69 Å².